The molecule has 20 heavy (non-hydrogen) atoms. The highest BCUT2D eigenvalue weighted by Crippen LogP contribution is 2.32. The van der Waals surface area contributed by atoms with Crippen LogP contribution in [0.3, 0.4) is 0 Å². The molecule has 0 aromatic heterocycles. The molecule has 0 fully saturated rings. The van der Waals surface area contributed by atoms with Gasteiger partial charge in [-0.05, 0) is 71.2 Å². The predicted octanol–water partition coefficient (Wildman–Crippen LogP) is 4.12. The Bertz CT molecular complexity index is 645. The van der Waals surface area contributed by atoms with E-state index in [-0.39, 0.29) is 5.84 Å². The van der Waals surface area contributed by atoms with E-state index < -0.39 is 0 Å². The van der Waals surface area contributed by atoms with Crippen molar-refractivity contribution in [3.05, 3.63) is 57.6 Å². The zero-order chi connectivity index (χ0) is 14.9. The molecule has 3 N–H and O–H groups in total. The Balaban J connectivity index is 2.42. The topological polar surface area (TPSA) is 53.1 Å². The molecule has 0 radical (unpaired) electrons. The highest BCUT2D eigenvalue weighted by molar-refractivity contribution is 9.10. The summed E-state index contributed by atoms with van der Waals surface area (Å²) < 4.78 is 0.923. The third-order valence-electron chi connectivity index (χ3n) is 3.21. The first kappa shape index (κ1) is 14.6. The molecular formula is C16H18BrN3. The van der Waals surface area contributed by atoms with Crippen LogP contribution in [-0.2, 0) is 0 Å². The molecule has 2 aromatic carbocycles. The number of benzene rings is 2. The fraction of sp³-hybridized carbons (Fsp3) is 0.188. The van der Waals surface area contributed by atoms with Crippen molar-refractivity contribution in [2.24, 2.45) is 5.73 Å². The number of anilines is 2. The van der Waals surface area contributed by atoms with E-state index >= 15 is 0 Å². The van der Waals surface area contributed by atoms with Gasteiger partial charge in [0.05, 0.1) is 5.69 Å². The maximum Gasteiger partial charge on any atom is 0.122 e. The van der Waals surface area contributed by atoms with Crippen molar-refractivity contribution in [1.82, 2.24) is 0 Å². The van der Waals surface area contributed by atoms with Gasteiger partial charge in [0.1, 0.15) is 5.84 Å². The first-order chi connectivity index (χ1) is 9.38. The summed E-state index contributed by atoms with van der Waals surface area (Å²) >= 11 is 3.56. The first-order valence-electron chi connectivity index (χ1n) is 6.34. The Morgan fingerprint density at radius 2 is 1.70 bits per heavy atom. The average molecular weight is 332 g/mol. The van der Waals surface area contributed by atoms with Crippen LogP contribution in [0.1, 0.15) is 16.7 Å². The molecule has 104 valence electrons. The van der Waals surface area contributed by atoms with E-state index in [1.807, 2.05) is 25.2 Å². The standard InChI is InChI=1S/C16H18BrN3/c1-10-6-11(2)8-13(7-10)20(3)15-5-4-12(16(18)19)9-14(15)17/h4-9H,1-3H3,(H3,18,19). The van der Waals surface area contributed by atoms with Crippen LogP contribution in [0.25, 0.3) is 0 Å². The smallest absolute Gasteiger partial charge is 0.122 e. The normalized spacial score (nSPS) is 10.4. The maximum absolute atomic E-state index is 7.47. The van der Waals surface area contributed by atoms with E-state index in [0.29, 0.717) is 0 Å². The van der Waals surface area contributed by atoms with E-state index in [2.05, 4.69) is 52.9 Å². The minimum Gasteiger partial charge on any atom is -0.384 e. The van der Waals surface area contributed by atoms with E-state index in [0.717, 1.165) is 21.4 Å². The van der Waals surface area contributed by atoms with Crippen LogP contribution >= 0.6 is 15.9 Å². The van der Waals surface area contributed by atoms with Crippen molar-refractivity contribution < 1.29 is 0 Å². The number of aryl methyl sites for hydroxylation is 2. The zero-order valence-corrected chi connectivity index (χ0v) is 13.5. The fourth-order valence-corrected chi connectivity index (χ4v) is 2.87. The maximum atomic E-state index is 7.47. The molecule has 3 nitrogen and oxygen atoms in total. The van der Waals surface area contributed by atoms with Gasteiger partial charge in [0, 0.05) is 22.8 Å². The molecule has 0 aliphatic rings. The third kappa shape index (κ3) is 3.02. The summed E-state index contributed by atoms with van der Waals surface area (Å²) in [5.74, 6) is 0.0753. The Morgan fingerprint density at radius 3 is 2.20 bits per heavy atom. The molecule has 0 bridgehead atoms. The molecule has 0 unspecified atom stereocenters. The molecule has 0 spiro atoms. The molecule has 0 amide bonds. The number of nitrogens with two attached hydrogens (primary N) is 1. The van der Waals surface area contributed by atoms with Crippen LogP contribution in [0.5, 0.6) is 0 Å². The van der Waals surface area contributed by atoms with Crippen molar-refractivity contribution in [2.75, 3.05) is 11.9 Å². The summed E-state index contributed by atoms with van der Waals surface area (Å²) in [6, 6.07) is 12.2. The highest BCUT2D eigenvalue weighted by atomic mass is 79.9. The number of hydrogen-bond acceptors (Lipinski definition) is 2. The van der Waals surface area contributed by atoms with Crippen molar-refractivity contribution in [3.8, 4) is 0 Å². The van der Waals surface area contributed by atoms with Crippen molar-refractivity contribution in [1.29, 1.82) is 5.41 Å². The summed E-state index contributed by atoms with van der Waals surface area (Å²) in [7, 11) is 2.03. The van der Waals surface area contributed by atoms with Gasteiger partial charge in [-0.25, -0.2) is 0 Å². The van der Waals surface area contributed by atoms with Crippen LogP contribution in [0.15, 0.2) is 40.9 Å². The second kappa shape index (κ2) is 5.67. The van der Waals surface area contributed by atoms with Gasteiger partial charge in [0.25, 0.3) is 0 Å². The molecule has 0 saturated carbocycles. The van der Waals surface area contributed by atoms with Crippen LogP contribution in [0.4, 0.5) is 11.4 Å². The van der Waals surface area contributed by atoms with Gasteiger partial charge in [-0.3, -0.25) is 5.41 Å². The van der Waals surface area contributed by atoms with E-state index in [4.69, 9.17) is 11.1 Å². The summed E-state index contributed by atoms with van der Waals surface area (Å²) in [5, 5.41) is 7.47. The monoisotopic (exact) mass is 331 g/mol. The second-order valence-electron chi connectivity index (χ2n) is 4.98. The Hall–Kier alpha value is -1.81. The van der Waals surface area contributed by atoms with Crippen molar-refractivity contribution >= 4 is 33.1 Å². The van der Waals surface area contributed by atoms with Gasteiger partial charge < -0.3 is 10.6 Å². The second-order valence-corrected chi connectivity index (χ2v) is 5.84. The molecule has 2 aromatic rings. The Morgan fingerprint density at radius 1 is 1.10 bits per heavy atom. The Labute approximate surface area is 128 Å². The lowest BCUT2D eigenvalue weighted by atomic mass is 10.1. The highest BCUT2D eigenvalue weighted by Gasteiger charge is 2.10. The molecule has 4 heteroatoms. The third-order valence-corrected chi connectivity index (χ3v) is 3.85. The number of nitrogens with one attached hydrogen (secondary N) is 1. The fourth-order valence-electron chi connectivity index (χ4n) is 2.23. The van der Waals surface area contributed by atoms with Gasteiger partial charge in [-0.2, -0.15) is 0 Å². The van der Waals surface area contributed by atoms with E-state index in [1.165, 1.54) is 11.1 Å². The van der Waals surface area contributed by atoms with Crippen LogP contribution in [0, 0.1) is 19.3 Å². The molecule has 0 aliphatic carbocycles. The molecule has 0 atom stereocenters. The minimum atomic E-state index is 0.0753. The largest absolute Gasteiger partial charge is 0.384 e. The lowest BCUT2D eigenvalue weighted by molar-refractivity contribution is 1.18. The zero-order valence-electron chi connectivity index (χ0n) is 11.9. The minimum absolute atomic E-state index is 0.0753. The molecule has 0 aliphatic heterocycles. The molecule has 0 heterocycles. The van der Waals surface area contributed by atoms with Gasteiger partial charge in [0.15, 0.2) is 0 Å². The Kier molecular flexibility index (Phi) is 4.14. The van der Waals surface area contributed by atoms with E-state index in [1.54, 1.807) is 0 Å². The average Bonchev–Trinajstić information content (AvgIpc) is 2.36. The van der Waals surface area contributed by atoms with Gasteiger partial charge in [0.2, 0.25) is 0 Å². The lowest BCUT2D eigenvalue weighted by Gasteiger charge is -2.22. The molecule has 0 saturated heterocycles. The number of rotatable bonds is 3. The number of nitrogens with zero attached hydrogens (tertiary/aromatic N) is 1. The first-order valence-corrected chi connectivity index (χ1v) is 7.14. The SMILES string of the molecule is Cc1cc(C)cc(N(C)c2ccc(C(=N)N)cc2Br)c1. The van der Waals surface area contributed by atoms with Gasteiger partial charge in [-0.1, -0.05) is 6.07 Å². The summed E-state index contributed by atoms with van der Waals surface area (Å²) in [6.45, 7) is 4.19. The van der Waals surface area contributed by atoms with E-state index in [9.17, 15) is 0 Å². The number of halogens is 1. The predicted molar refractivity (Wildman–Crippen MR) is 89.1 cm³/mol. The van der Waals surface area contributed by atoms with Crippen molar-refractivity contribution in [2.45, 2.75) is 13.8 Å². The summed E-state index contributed by atoms with van der Waals surface area (Å²) in [6.07, 6.45) is 0. The molecule has 2 rings (SSSR count). The van der Waals surface area contributed by atoms with Gasteiger partial charge in [-0.15, -0.1) is 0 Å². The number of amidine groups is 1. The number of hydrogen-bond donors (Lipinski definition) is 2. The van der Waals surface area contributed by atoms with Crippen molar-refractivity contribution in [3.63, 3.8) is 0 Å². The van der Waals surface area contributed by atoms with Crippen LogP contribution in [-0.4, -0.2) is 12.9 Å². The quantitative estimate of drug-likeness (QED) is 0.656. The summed E-state index contributed by atoms with van der Waals surface area (Å²) in [4.78, 5) is 2.12. The lowest BCUT2D eigenvalue weighted by Crippen LogP contribution is -2.13. The van der Waals surface area contributed by atoms with Gasteiger partial charge >= 0.3 is 0 Å². The van der Waals surface area contributed by atoms with Crippen LogP contribution in [0.2, 0.25) is 0 Å². The molecular weight excluding hydrogens is 314 g/mol. The summed E-state index contributed by atoms with van der Waals surface area (Å²) in [5.41, 5.74) is 10.9. The van der Waals surface area contributed by atoms with Crippen LogP contribution < -0.4 is 10.6 Å². The number of nitrogen functional groups attached to an aromatic ring is 1.